The summed E-state index contributed by atoms with van der Waals surface area (Å²) in [5, 5.41) is 7.49. The number of nitrogens with one attached hydrogen (secondary N) is 2. The fraction of sp³-hybridized carbons (Fsp3) is 0.105. The molecule has 0 spiro atoms. The molecule has 0 bridgehead atoms. The van der Waals surface area contributed by atoms with Gasteiger partial charge in [0.15, 0.2) is 11.7 Å². The molecule has 28 heavy (non-hydrogen) atoms. The molecular weight excluding hydrogens is 405 g/mol. The zero-order chi connectivity index (χ0) is 20.1. The van der Waals surface area contributed by atoms with Gasteiger partial charge in [-0.05, 0) is 24.3 Å². The number of amides is 2. The van der Waals surface area contributed by atoms with Gasteiger partial charge in [-0.15, -0.1) is 11.3 Å². The van der Waals surface area contributed by atoms with Crippen molar-refractivity contribution < 1.29 is 18.7 Å². The van der Waals surface area contributed by atoms with Gasteiger partial charge in [0.2, 0.25) is 5.91 Å². The summed E-state index contributed by atoms with van der Waals surface area (Å²) in [6, 6.07) is 11.1. The van der Waals surface area contributed by atoms with Crippen molar-refractivity contribution in [2.45, 2.75) is 6.92 Å². The average molecular weight is 420 g/mol. The van der Waals surface area contributed by atoms with E-state index in [1.165, 1.54) is 36.5 Å². The molecule has 0 aliphatic heterocycles. The minimum absolute atomic E-state index is 0.0769. The number of nitrogens with zero attached hydrogens (tertiary/aromatic N) is 1. The van der Waals surface area contributed by atoms with Gasteiger partial charge >= 0.3 is 0 Å². The zero-order valence-electron chi connectivity index (χ0n) is 14.7. The Morgan fingerprint density at radius 3 is 2.61 bits per heavy atom. The van der Waals surface area contributed by atoms with E-state index < -0.39 is 11.7 Å². The number of benzene rings is 2. The van der Waals surface area contributed by atoms with E-state index in [2.05, 4.69) is 15.6 Å². The lowest BCUT2D eigenvalue weighted by Gasteiger charge is -2.06. The molecule has 2 amide bonds. The molecule has 0 unspecified atom stereocenters. The Hall–Kier alpha value is -2.97. The number of thiazole rings is 1. The first-order valence-electron chi connectivity index (χ1n) is 8.12. The van der Waals surface area contributed by atoms with E-state index in [0.29, 0.717) is 22.3 Å². The van der Waals surface area contributed by atoms with Crippen molar-refractivity contribution in [2.24, 2.45) is 0 Å². The Morgan fingerprint density at radius 2 is 1.93 bits per heavy atom. The van der Waals surface area contributed by atoms with Crippen LogP contribution >= 0.6 is 22.9 Å². The first-order chi connectivity index (χ1) is 13.4. The second-order valence-electron chi connectivity index (χ2n) is 5.71. The number of rotatable bonds is 6. The molecule has 6 nitrogen and oxygen atoms in total. The first-order valence-corrected chi connectivity index (χ1v) is 9.38. The number of carbonyl (C=O) groups excluding carboxylic acids is 2. The van der Waals surface area contributed by atoms with Crippen LogP contribution in [0.5, 0.6) is 5.75 Å². The van der Waals surface area contributed by atoms with Gasteiger partial charge in [-0.3, -0.25) is 14.9 Å². The van der Waals surface area contributed by atoms with Crippen molar-refractivity contribution in [2.75, 3.05) is 17.2 Å². The Labute approximate surface area is 169 Å². The van der Waals surface area contributed by atoms with Crippen molar-refractivity contribution in [3.63, 3.8) is 0 Å². The number of ether oxygens (including phenoxy) is 1. The molecule has 9 heteroatoms. The number of anilines is 2. The smallest absolute Gasteiger partial charge is 0.264 e. The van der Waals surface area contributed by atoms with Crippen LogP contribution in [0.4, 0.5) is 15.2 Å². The van der Waals surface area contributed by atoms with Crippen LogP contribution in [0.3, 0.4) is 0 Å². The van der Waals surface area contributed by atoms with Crippen LogP contribution in [0.25, 0.3) is 11.3 Å². The number of hydrogen-bond acceptors (Lipinski definition) is 5. The van der Waals surface area contributed by atoms with Gasteiger partial charge in [0.25, 0.3) is 5.91 Å². The number of halogens is 2. The highest BCUT2D eigenvalue weighted by Crippen LogP contribution is 2.26. The van der Waals surface area contributed by atoms with Crippen molar-refractivity contribution in [3.05, 3.63) is 58.7 Å². The molecule has 2 aromatic carbocycles. The zero-order valence-corrected chi connectivity index (χ0v) is 16.2. The Kier molecular flexibility index (Phi) is 6.23. The van der Waals surface area contributed by atoms with Crippen LogP contribution in [-0.2, 0) is 9.59 Å². The van der Waals surface area contributed by atoms with Crippen LogP contribution in [-0.4, -0.2) is 23.4 Å². The van der Waals surface area contributed by atoms with Gasteiger partial charge in [-0.25, -0.2) is 9.37 Å². The molecule has 0 aliphatic carbocycles. The molecule has 3 rings (SSSR count). The number of hydrogen-bond donors (Lipinski definition) is 2. The highest BCUT2D eigenvalue weighted by molar-refractivity contribution is 7.14. The lowest BCUT2D eigenvalue weighted by atomic mass is 10.1. The van der Waals surface area contributed by atoms with Crippen LogP contribution in [0, 0.1) is 5.82 Å². The molecule has 0 saturated carbocycles. The fourth-order valence-corrected chi connectivity index (χ4v) is 3.17. The van der Waals surface area contributed by atoms with E-state index in [1.807, 2.05) is 17.5 Å². The third-order valence-corrected chi connectivity index (χ3v) is 4.56. The van der Waals surface area contributed by atoms with Gasteiger partial charge in [0, 0.05) is 29.6 Å². The van der Waals surface area contributed by atoms with Crippen LogP contribution in [0.15, 0.2) is 47.8 Å². The molecule has 0 aliphatic rings. The number of aromatic nitrogens is 1. The summed E-state index contributed by atoms with van der Waals surface area (Å²) in [6.45, 7) is 1.18. The Balaban J connectivity index is 1.57. The minimum Gasteiger partial charge on any atom is -0.484 e. The summed E-state index contributed by atoms with van der Waals surface area (Å²) in [5.74, 6) is -0.807. The molecule has 0 atom stereocenters. The van der Waals surface area contributed by atoms with Gasteiger partial charge < -0.3 is 10.1 Å². The lowest BCUT2D eigenvalue weighted by Crippen LogP contribution is -2.20. The molecule has 1 heterocycles. The predicted octanol–water partition coefficient (Wildman–Crippen LogP) is 4.58. The minimum atomic E-state index is -0.557. The van der Waals surface area contributed by atoms with Crippen molar-refractivity contribution in [1.29, 1.82) is 0 Å². The molecule has 0 radical (unpaired) electrons. The monoisotopic (exact) mass is 419 g/mol. The molecular formula is C19H15ClFN3O3S. The molecule has 2 N–H and O–H groups in total. The molecule has 0 saturated heterocycles. The van der Waals surface area contributed by atoms with E-state index in [9.17, 15) is 14.0 Å². The molecule has 1 aromatic heterocycles. The summed E-state index contributed by atoms with van der Waals surface area (Å²) in [7, 11) is 0. The van der Waals surface area contributed by atoms with Crippen molar-refractivity contribution in [3.8, 4) is 17.0 Å². The average Bonchev–Trinajstić information content (AvgIpc) is 3.11. The molecule has 144 valence electrons. The normalized spacial score (nSPS) is 10.4. The third-order valence-electron chi connectivity index (χ3n) is 3.51. The molecule has 0 fully saturated rings. The standard InChI is InChI=1S/C19H15ClFN3O3S/c1-11(25)22-13-4-2-12(3-5-13)17-10-28-19(23-17)24-18(26)9-27-14-6-7-16(21)15(20)8-14/h2-8,10H,9H2,1H3,(H,22,25)(H,23,24,26). The van der Waals surface area contributed by atoms with Gasteiger partial charge in [-0.1, -0.05) is 23.7 Å². The maximum absolute atomic E-state index is 13.1. The van der Waals surface area contributed by atoms with Crippen molar-refractivity contribution in [1.82, 2.24) is 4.98 Å². The van der Waals surface area contributed by atoms with Gasteiger partial charge in [0.1, 0.15) is 11.6 Å². The van der Waals surface area contributed by atoms with E-state index in [4.69, 9.17) is 16.3 Å². The quantitative estimate of drug-likeness (QED) is 0.613. The topological polar surface area (TPSA) is 80.3 Å². The Morgan fingerprint density at radius 1 is 1.18 bits per heavy atom. The van der Waals surface area contributed by atoms with Crippen LogP contribution < -0.4 is 15.4 Å². The van der Waals surface area contributed by atoms with Gasteiger partial charge in [-0.2, -0.15) is 0 Å². The summed E-state index contributed by atoms with van der Waals surface area (Å²) in [6.07, 6.45) is 0. The molecule has 3 aromatic rings. The summed E-state index contributed by atoms with van der Waals surface area (Å²) in [4.78, 5) is 27.4. The maximum atomic E-state index is 13.1. The second kappa shape index (κ2) is 8.81. The summed E-state index contributed by atoms with van der Waals surface area (Å²) < 4.78 is 18.4. The Bertz CT molecular complexity index is 1010. The van der Waals surface area contributed by atoms with Crippen molar-refractivity contribution >= 4 is 45.6 Å². The lowest BCUT2D eigenvalue weighted by molar-refractivity contribution is -0.118. The SMILES string of the molecule is CC(=O)Nc1ccc(-c2csc(NC(=O)COc3ccc(F)c(Cl)c3)n2)cc1. The second-order valence-corrected chi connectivity index (χ2v) is 6.97. The summed E-state index contributed by atoms with van der Waals surface area (Å²) in [5.41, 5.74) is 2.24. The largest absolute Gasteiger partial charge is 0.484 e. The first kappa shape index (κ1) is 19.8. The highest BCUT2D eigenvalue weighted by Gasteiger charge is 2.10. The fourth-order valence-electron chi connectivity index (χ4n) is 2.26. The van der Waals surface area contributed by atoms with Gasteiger partial charge in [0.05, 0.1) is 10.7 Å². The van der Waals surface area contributed by atoms with Crippen LogP contribution in [0.1, 0.15) is 6.92 Å². The summed E-state index contributed by atoms with van der Waals surface area (Å²) >= 11 is 6.94. The van der Waals surface area contributed by atoms with Crippen LogP contribution in [0.2, 0.25) is 5.02 Å². The predicted molar refractivity (Wildman–Crippen MR) is 107 cm³/mol. The number of carbonyl (C=O) groups is 2. The highest BCUT2D eigenvalue weighted by atomic mass is 35.5. The van der Waals surface area contributed by atoms with E-state index in [-0.39, 0.29) is 17.5 Å². The maximum Gasteiger partial charge on any atom is 0.264 e. The third kappa shape index (κ3) is 5.28. The van der Waals surface area contributed by atoms with E-state index in [0.717, 1.165) is 5.56 Å². The van der Waals surface area contributed by atoms with E-state index in [1.54, 1.807) is 12.1 Å². The van der Waals surface area contributed by atoms with E-state index >= 15 is 0 Å².